The van der Waals surface area contributed by atoms with Gasteiger partial charge in [-0.1, -0.05) is 19.9 Å². The van der Waals surface area contributed by atoms with Gasteiger partial charge in [0.2, 0.25) is 0 Å². The highest BCUT2D eigenvalue weighted by molar-refractivity contribution is 8.18. The molecule has 1 amide bonds. The molecule has 0 atom stereocenters. The van der Waals surface area contributed by atoms with E-state index in [1.165, 1.54) is 23.9 Å². The van der Waals surface area contributed by atoms with Crippen molar-refractivity contribution in [1.29, 1.82) is 0 Å². The summed E-state index contributed by atoms with van der Waals surface area (Å²) in [4.78, 5) is 31.0. The number of ether oxygens (including phenoxy) is 1. The maximum atomic E-state index is 13.0. The Kier molecular flexibility index (Phi) is 6.85. The number of rotatable bonds is 6. The Morgan fingerprint density at radius 2 is 2.03 bits per heavy atom. The molecule has 3 rings (SSSR count). The maximum absolute atomic E-state index is 13.0. The molecule has 2 aromatic carbocycles. The number of amidine groups is 1. The number of methoxy groups -OCH3 is 1. The second kappa shape index (κ2) is 9.39. The number of aryl methyl sites for hydroxylation is 1. The molecule has 162 valence electrons. The highest BCUT2D eigenvalue weighted by Crippen LogP contribution is 2.36. The maximum Gasteiger partial charge on any atom is 0.335 e. The molecule has 1 aliphatic heterocycles. The summed E-state index contributed by atoms with van der Waals surface area (Å²) in [5, 5.41) is 9.74. The molecule has 1 fully saturated rings. The van der Waals surface area contributed by atoms with E-state index in [-0.39, 0.29) is 17.4 Å². The average molecular weight is 439 g/mol. The van der Waals surface area contributed by atoms with E-state index in [9.17, 15) is 14.7 Å². The van der Waals surface area contributed by atoms with Gasteiger partial charge in [0.25, 0.3) is 5.91 Å². The van der Waals surface area contributed by atoms with E-state index in [4.69, 9.17) is 4.74 Å². The number of hydrogen-bond donors (Lipinski definition) is 1. The zero-order valence-electron chi connectivity index (χ0n) is 18.3. The lowest BCUT2D eigenvalue weighted by Gasteiger charge is -2.15. The number of carboxylic acid groups (broad SMARTS) is 1. The monoisotopic (exact) mass is 438 g/mol. The van der Waals surface area contributed by atoms with Gasteiger partial charge >= 0.3 is 5.97 Å². The van der Waals surface area contributed by atoms with Gasteiger partial charge in [0.1, 0.15) is 5.75 Å². The van der Waals surface area contributed by atoms with Crippen molar-refractivity contribution in [3.63, 3.8) is 0 Å². The van der Waals surface area contributed by atoms with E-state index in [1.807, 2.05) is 26.0 Å². The highest BCUT2D eigenvalue weighted by Gasteiger charge is 2.32. The third-order valence-corrected chi connectivity index (χ3v) is 6.06. The summed E-state index contributed by atoms with van der Waals surface area (Å²) in [6.45, 7) is 8.56. The van der Waals surface area contributed by atoms with E-state index >= 15 is 0 Å². The van der Waals surface area contributed by atoms with E-state index in [1.54, 1.807) is 24.1 Å². The number of hydrogen-bond acceptors (Lipinski definition) is 5. The number of carbonyl (C=O) groups is 2. The molecule has 0 unspecified atom stereocenters. The van der Waals surface area contributed by atoms with Crippen LogP contribution >= 0.6 is 11.8 Å². The van der Waals surface area contributed by atoms with Crippen LogP contribution in [-0.2, 0) is 4.79 Å². The molecule has 0 aliphatic carbocycles. The van der Waals surface area contributed by atoms with Crippen molar-refractivity contribution in [2.75, 3.05) is 13.7 Å². The average Bonchev–Trinajstić information content (AvgIpc) is 3.02. The van der Waals surface area contributed by atoms with Crippen molar-refractivity contribution in [3.8, 4) is 5.75 Å². The zero-order chi connectivity index (χ0) is 22.7. The van der Waals surface area contributed by atoms with Gasteiger partial charge in [-0.3, -0.25) is 9.69 Å². The number of amides is 1. The lowest BCUT2D eigenvalue weighted by atomic mass is 9.96. The predicted octanol–water partition coefficient (Wildman–Crippen LogP) is 5.45. The van der Waals surface area contributed by atoms with Crippen molar-refractivity contribution in [2.24, 2.45) is 4.99 Å². The van der Waals surface area contributed by atoms with Gasteiger partial charge in [-0.05, 0) is 84.6 Å². The number of carboxylic acids is 1. The van der Waals surface area contributed by atoms with Crippen molar-refractivity contribution in [3.05, 3.63) is 63.6 Å². The fraction of sp³-hybridized carbons (Fsp3) is 0.292. The highest BCUT2D eigenvalue weighted by atomic mass is 32.2. The van der Waals surface area contributed by atoms with Crippen molar-refractivity contribution in [2.45, 2.75) is 33.6 Å². The Bertz CT molecular complexity index is 1090. The van der Waals surface area contributed by atoms with Crippen molar-refractivity contribution >= 4 is 40.6 Å². The van der Waals surface area contributed by atoms with Gasteiger partial charge in [-0.25, -0.2) is 9.79 Å². The van der Waals surface area contributed by atoms with Crippen molar-refractivity contribution in [1.82, 2.24) is 4.90 Å². The quantitative estimate of drug-likeness (QED) is 0.607. The first kappa shape index (κ1) is 22.6. The summed E-state index contributed by atoms with van der Waals surface area (Å²) < 4.78 is 5.52. The van der Waals surface area contributed by atoms with E-state index in [2.05, 4.69) is 24.9 Å². The summed E-state index contributed by atoms with van der Waals surface area (Å²) in [6, 6.07) is 10.4. The molecule has 2 aromatic rings. The molecule has 1 saturated heterocycles. The molecule has 0 aromatic heterocycles. The predicted molar refractivity (Wildman–Crippen MR) is 125 cm³/mol. The molecule has 1 heterocycles. The van der Waals surface area contributed by atoms with E-state index in [0.29, 0.717) is 22.3 Å². The first-order valence-electron chi connectivity index (χ1n) is 10.1. The summed E-state index contributed by atoms with van der Waals surface area (Å²) in [5.41, 5.74) is 3.72. The third-order valence-electron chi connectivity index (χ3n) is 5.05. The summed E-state index contributed by atoms with van der Waals surface area (Å²) in [5.74, 6) is 0.00392. The van der Waals surface area contributed by atoms with Crippen LogP contribution in [0.4, 0.5) is 5.69 Å². The van der Waals surface area contributed by atoms with Crippen molar-refractivity contribution < 1.29 is 19.4 Å². The topological polar surface area (TPSA) is 79.2 Å². The van der Waals surface area contributed by atoms with E-state index in [0.717, 1.165) is 22.4 Å². The van der Waals surface area contributed by atoms with Crippen LogP contribution in [0.5, 0.6) is 5.75 Å². The lowest BCUT2D eigenvalue weighted by molar-refractivity contribution is -0.122. The largest absolute Gasteiger partial charge is 0.496 e. The summed E-state index contributed by atoms with van der Waals surface area (Å²) in [6.07, 6.45) is 1.90. The molecule has 7 heteroatoms. The molecular formula is C24H26N2O4S. The molecule has 0 spiro atoms. The van der Waals surface area contributed by atoms with Crippen LogP contribution in [0.1, 0.15) is 53.7 Å². The molecule has 0 radical (unpaired) electrons. The number of nitrogens with zero attached hydrogens (tertiary/aromatic N) is 2. The van der Waals surface area contributed by atoms with Crippen LogP contribution in [0.15, 0.2) is 46.3 Å². The number of aliphatic imine (C=N–C) groups is 1. The number of thioether (sulfide) groups is 1. The number of aromatic carboxylic acids is 1. The molecule has 1 N–H and O–H groups in total. The molecule has 1 aliphatic rings. The summed E-state index contributed by atoms with van der Waals surface area (Å²) in [7, 11) is 1.66. The van der Waals surface area contributed by atoms with Gasteiger partial charge < -0.3 is 9.84 Å². The minimum atomic E-state index is -1.01. The fourth-order valence-electron chi connectivity index (χ4n) is 3.33. The van der Waals surface area contributed by atoms with Gasteiger partial charge in [-0.2, -0.15) is 0 Å². The lowest BCUT2D eigenvalue weighted by Crippen LogP contribution is -2.28. The van der Waals surface area contributed by atoms with Gasteiger partial charge in [0.15, 0.2) is 5.17 Å². The standard InChI is InChI=1S/C24H26N2O4S/c1-6-26-22(27)21(13-17-12-19(14(2)3)20(30-5)10-15(17)4)31-24(26)25-18-9-7-8-16(11-18)23(28)29/h7-14H,6H2,1-5H3,(H,28,29)/b21-13+,25-24?. The van der Waals surface area contributed by atoms with Gasteiger partial charge in [-0.15, -0.1) is 0 Å². The Labute approximate surface area is 186 Å². The number of benzene rings is 2. The zero-order valence-corrected chi connectivity index (χ0v) is 19.1. The Hall–Kier alpha value is -3.06. The first-order chi connectivity index (χ1) is 14.7. The second-order valence-corrected chi connectivity index (χ2v) is 8.52. The van der Waals surface area contributed by atoms with Gasteiger partial charge in [0.05, 0.1) is 23.3 Å². The van der Waals surface area contributed by atoms with Crippen LogP contribution in [0.25, 0.3) is 6.08 Å². The molecule has 31 heavy (non-hydrogen) atoms. The third kappa shape index (κ3) is 4.82. The normalized spacial score (nSPS) is 16.6. The smallest absolute Gasteiger partial charge is 0.335 e. The van der Waals surface area contributed by atoms with Crippen LogP contribution < -0.4 is 4.74 Å². The molecule has 6 nitrogen and oxygen atoms in total. The number of carbonyl (C=O) groups excluding carboxylic acids is 1. The van der Waals surface area contributed by atoms with Crippen LogP contribution in [0.3, 0.4) is 0 Å². The SMILES string of the molecule is CCN1C(=O)/C(=C\c2cc(C(C)C)c(OC)cc2C)SC1=Nc1cccc(C(=O)O)c1. The Morgan fingerprint density at radius 3 is 2.65 bits per heavy atom. The first-order valence-corrected chi connectivity index (χ1v) is 10.9. The van der Waals surface area contributed by atoms with E-state index < -0.39 is 5.97 Å². The molecule has 0 bridgehead atoms. The summed E-state index contributed by atoms with van der Waals surface area (Å²) >= 11 is 1.30. The molecule has 0 saturated carbocycles. The van der Waals surface area contributed by atoms with Crippen LogP contribution in [-0.4, -0.2) is 40.7 Å². The van der Waals surface area contributed by atoms with Gasteiger partial charge in [0, 0.05) is 6.54 Å². The second-order valence-electron chi connectivity index (χ2n) is 7.52. The minimum Gasteiger partial charge on any atom is -0.496 e. The Morgan fingerprint density at radius 1 is 1.29 bits per heavy atom. The van der Waals surface area contributed by atoms with Crippen LogP contribution in [0, 0.1) is 6.92 Å². The fourth-order valence-corrected chi connectivity index (χ4v) is 4.38. The number of likely N-dealkylation sites (N-methyl/N-ethyl adjacent to an activating group) is 1. The minimum absolute atomic E-state index is 0.109. The molecular weight excluding hydrogens is 412 g/mol. The Balaban J connectivity index is 2.00. The van der Waals surface area contributed by atoms with Crippen LogP contribution in [0.2, 0.25) is 0 Å².